The molecule has 1 heterocycles. The van der Waals surface area contributed by atoms with E-state index in [1.165, 1.54) is 7.11 Å². The summed E-state index contributed by atoms with van der Waals surface area (Å²) in [4.78, 5) is 28.5. The fraction of sp³-hybridized carbons (Fsp3) is 0.364. The summed E-state index contributed by atoms with van der Waals surface area (Å²) in [6.45, 7) is 3.82. The third-order valence-corrected chi connectivity index (χ3v) is 5.22. The number of ether oxygens (including phenoxy) is 3. The quantitative estimate of drug-likeness (QED) is 0.697. The van der Waals surface area contributed by atoms with Gasteiger partial charge in [0.25, 0.3) is 0 Å². The fourth-order valence-electron chi connectivity index (χ4n) is 3.48. The molecule has 2 aromatic rings. The Balaban J connectivity index is 1.72. The number of nitrogens with zero attached hydrogens (tertiary/aromatic N) is 2. The minimum atomic E-state index is -0.359. The van der Waals surface area contributed by atoms with E-state index >= 15 is 0 Å². The van der Waals surface area contributed by atoms with E-state index in [1.54, 1.807) is 37.3 Å². The van der Waals surface area contributed by atoms with E-state index in [2.05, 4.69) is 4.90 Å². The maximum atomic E-state index is 13.1. The molecular weight excluding hydrogens is 372 g/mol. The highest BCUT2D eigenvalue weighted by atomic mass is 16.5. The standard InChI is InChI=1S/C22H26N2O5/c1-15-21(25)24(19-10-9-18(27-2)13-20(19)28-3)12-11-23(15)14-16-5-7-17(8-6-16)22(26)29-4/h5-10,13,15H,11-12,14H2,1-4H3/t15-/m0/s1. The lowest BCUT2D eigenvalue weighted by Crippen LogP contribution is -2.55. The van der Waals surface area contributed by atoms with E-state index in [0.29, 0.717) is 30.2 Å². The molecule has 1 fully saturated rings. The Labute approximate surface area is 170 Å². The largest absolute Gasteiger partial charge is 0.497 e. The molecule has 0 N–H and O–H groups in total. The van der Waals surface area contributed by atoms with Gasteiger partial charge in [-0.15, -0.1) is 0 Å². The summed E-state index contributed by atoms with van der Waals surface area (Å²) in [6, 6.07) is 12.4. The molecule has 1 aliphatic heterocycles. The zero-order valence-electron chi connectivity index (χ0n) is 17.2. The molecule has 1 amide bonds. The van der Waals surface area contributed by atoms with E-state index in [-0.39, 0.29) is 17.9 Å². The van der Waals surface area contributed by atoms with Crippen LogP contribution in [-0.2, 0) is 16.1 Å². The van der Waals surface area contributed by atoms with Crippen LogP contribution in [0.5, 0.6) is 11.5 Å². The maximum absolute atomic E-state index is 13.1. The number of anilines is 1. The Hall–Kier alpha value is -3.06. The SMILES string of the molecule is COC(=O)c1ccc(CN2CCN(c3ccc(OC)cc3OC)C(=O)[C@@H]2C)cc1. The van der Waals surface area contributed by atoms with Crippen LogP contribution in [0.3, 0.4) is 0 Å². The number of hydrogen-bond acceptors (Lipinski definition) is 6. The molecule has 0 spiro atoms. The minimum absolute atomic E-state index is 0.0193. The molecule has 1 atom stereocenters. The van der Waals surface area contributed by atoms with Crippen molar-refractivity contribution >= 4 is 17.6 Å². The number of benzene rings is 2. The van der Waals surface area contributed by atoms with Crippen molar-refractivity contribution in [1.82, 2.24) is 4.90 Å². The van der Waals surface area contributed by atoms with Crippen molar-refractivity contribution in [2.45, 2.75) is 19.5 Å². The van der Waals surface area contributed by atoms with Crippen molar-refractivity contribution < 1.29 is 23.8 Å². The molecule has 1 aliphatic rings. The van der Waals surface area contributed by atoms with Crippen LogP contribution in [0.1, 0.15) is 22.8 Å². The van der Waals surface area contributed by atoms with Gasteiger partial charge in [-0.05, 0) is 36.8 Å². The van der Waals surface area contributed by atoms with E-state index in [1.807, 2.05) is 31.2 Å². The molecule has 0 radical (unpaired) electrons. The van der Waals surface area contributed by atoms with Crippen molar-refractivity contribution in [3.8, 4) is 11.5 Å². The lowest BCUT2D eigenvalue weighted by atomic mass is 10.1. The number of carbonyl (C=O) groups excluding carboxylic acids is 2. The van der Waals surface area contributed by atoms with Gasteiger partial charge in [0, 0.05) is 25.7 Å². The number of esters is 1. The summed E-state index contributed by atoms with van der Waals surface area (Å²) >= 11 is 0. The lowest BCUT2D eigenvalue weighted by Gasteiger charge is -2.39. The molecule has 0 aliphatic carbocycles. The third kappa shape index (κ3) is 4.35. The average molecular weight is 398 g/mol. The molecule has 0 aromatic heterocycles. The first kappa shape index (κ1) is 20.7. The van der Waals surface area contributed by atoms with E-state index in [4.69, 9.17) is 14.2 Å². The summed E-state index contributed by atoms with van der Waals surface area (Å²) in [5, 5.41) is 0. The molecule has 154 valence electrons. The molecule has 7 nitrogen and oxygen atoms in total. The topological polar surface area (TPSA) is 68.3 Å². The van der Waals surface area contributed by atoms with Crippen LogP contribution in [0.2, 0.25) is 0 Å². The molecule has 0 bridgehead atoms. The Morgan fingerprint density at radius 3 is 2.38 bits per heavy atom. The van der Waals surface area contributed by atoms with Gasteiger partial charge in [0.15, 0.2) is 0 Å². The van der Waals surface area contributed by atoms with Gasteiger partial charge in [-0.1, -0.05) is 12.1 Å². The smallest absolute Gasteiger partial charge is 0.337 e. The van der Waals surface area contributed by atoms with E-state index in [0.717, 1.165) is 17.8 Å². The van der Waals surface area contributed by atoms with Gasteiger partial charge in [0.05, 0.1) is 38.6 Å². The summed E-state index contributed by atoms with van der Waals surface area (Å²) in [5.41, 5.74) is 2.29. The Kier molecular flexibility index (Phi) is 6.39. The Morgan fingerprint density at radius 1 is 1.03 bits per heavy atom. The summed E-state index contributed by atoms with van der Waals surface area (Å²) < 4.78 is 15.4. The molecule has 2 aromatic carbocycles. The zero-order valence-corrected chi connectivity index (χ0v) is 17.2. The highest BCUT2D eigenvalue weighted by molar-refractivity contribution is 5.99. The van der Waals surface area contributed by atoms with Gasteiger partial charge >= 0.3 is 5.97 Å². The van der Waals surface area contributed by atoms with Gasteiger partial charge in [-0.3, -0.25) is 9.69 Å². The summed E-state index contributed by atoms with van der Waals surface area (Å²) in [5.74, 6) is 0.949. The van der Waals surface area contributed by atoms with Crippen LogP contribution < -0.4 is 14.4 Å². The highest BCUT2D eigenvalue weighted by Gasteiger charge is 2.33. The van der Waals surface area contributed by atoms with Gasteiger partial charge in [0.2, 0.25) is 5.91 Å². The second-order valence-electron chi connectivity index (χ2n) is 6.86. The van der Waals surface area contributed by atoms with Crippen molar-refractivity contribution in [2.24, 2.45) is 0 Å². The molecule has 0 unspecified atom stereocenters. The van der Waals surface area contributed by atoms with Crippen molar-refractivity contribution in [3.63, 3.8) is 0 Å². The molecule has 1 saturated heterocycles. The first-order valence-corrected chi connectivity index (χ1v) is 9.43. The number of carbonyl (C=O) groups is 2. The molecule has 0 saturated carbocycles. The van der Waals surface area contributed by atoms with Gasteiger partial charge in [-0.2, -0.15) is 0 Å². The van der Waals surface area contributed by atoms with Gasteiger partial charge in [-0.25, -0.2) is 4.79 Å². The predicted octanol–water partition coefficient (Wildman–Crippen LogP) is 2.73. The number of rotatable bonds is 6. The molecule has 3 rings (SSSR count). The van der Waals surface area contributed by atoms with Crippen molar-refractivity contribution in [1.29, 1.82) is 0 Å². The maximum Gasteiger partial charge on any atom is 0.337 e. The summed E-state index contributed by atoms with van der Waals surface area (Å²) in [7, 11) is 4.54. The van der Waals surface area contributed by atoms with E-state index < -0.39 is 0 Å². The lowest BCUT2D eigenvalue weighted by molar-refractivity contribution is -0.125. The average Bonchev–Trinajstić information content (AvgIpc) is 2.76. The van der Waals surface area contributed by atoms with Crippen LogP contribution in [0.15, 0.2) is 42.5 Å². The number of methoxy groups -OCH3 is 3. The molecular formula is C22H26N2O5. The normalized spacial score (nSPS) is 17.2. The number of amides is 1. The second-order valence-corrected chi connectivity index (χ2v) is 6.86. The first-order chi connectivity index (χ1) is 14.0. The monoisotopic (exact) mass is 398 g/mol. The minimum Gasteiger partial charge on any atom is -0.497 e. The molecule has 7 heteroatoms. The number of piperazine rings is 1. The second kappa shape index (κ2) is 8.96. The van der Waals surface area contributed by atoms with Crippen LogP contribution in [0.25, 0.3) is 0 Å². The van der Waals surface area contributed by atoms with Gasteiger partial charge in [0.1, 0.15) is 11.5 Å². The van der Waals surface area contributed by atoms with Crippen molar-refractivity contribution in [3.05, 3.63) is 53.6 Å². The van der Waals surface area contributed by atoms with Crippen LogP contribution >= 0.6 is 0 Å². The zero-order chi connectivity index (χ0) is 21.0. The van der Waals surface area contributed by atoms with E-state index in [9.17, 15) is 9.59 Å². The molecule has 29 heavy (non-hydrogen) atoms. The van der Waals surface area contributed by atoms with Crippen LogP contribution in [0.4, 0.5) is 5.69 Å². The number of hydrogen-bond donors (Lipinski definition) is 0. The summed E-state index contributed by atoms with van der Waals surface area (Å²) in [6.07, 6.45) is 0. The third-order valence-electron chi connectivity index (χ3n) is 5.22. The Morgan fingerprint density at radius 2 is 1.76 bits per heavy atom. The van der Waals surface area contributed by atoms with Gasteiger partial charge < -0.3 is 19.1 Å². The Bertz CT molecular complexity index is 881. The van der Waals surface area contributed by atoms with Crippen LogP contribution in [-0.4, -0.2) is 57.2 Å². The fourth-order valence-corrected chi connectivity index (χ4v) is 3.48. The van der Waals surface area contributed by atoms with Crippen LogP contribution in [0, 0.1) is 0 Å². The van der Waals surface area contributed by atoms with Crippen molar-refractivity contribution in [2.75, 3.05) is 39.3 Å². The highest BCUT2D eigenvalue weighted by Crippen LogP contribution is 2.34. The first-order valence-electron chi connectivity index (χ1n) is 9.43. The predicted molar refractivity (Wildman–Crippen MR) is 110 cm³/mol.